The van der Waals surface area contributed by atoms with Crippen molar-refractivity contribution < 1.29 is 19.4 Å². The minimum atomic E-state index is -0.768. The van der Waals surface area contributed by atoms with Crippen molar-refractivity contribution in [2.24, 2.45) is 0 Å². The van der Waals surface area contributed by atoms with Crippen molar-refractivity contribution in [3.05, 3.63) is 38.4 Å². The van der Waals surface area contributed by atoms with Gasteiger partial charge in [-0.25, -0.2) is 4.79 Å². The average molecular weight is 311 g/mol. The van der Waals surface area contributed by atoms with Crippen LogP contribution in [0.2, 0.25) is 0 Å². The van der Waals surface area contributed by atoms with Crippen LogP contribution in [-0.4, -0.2) is 47.1 Å². The molecule has 0 radical (unpaired) electrons. The molecule has 118 valence electrons. The van der Waals surface area contributed by atoms with E-state index < -0.39 is 27.3 Å². The second-order valence-corrected chi connectivity index (χ2v) is 4.37. The standard InChI is InChI=1S/C11H13N5O6/c17-11(14-3-5-22-6-4-14)13-12-9-2-1-8(15(18)19)7-10(9)16(20)21/h1-2,7,12H,3-6H2,(H,13,17). The summed E-state index contributed by atoms with van der Waals surface area (Å²) < 4.78 is 5.10. The van der Waals surface area contributed by atoms with Crippen molar-refractivity contribution >= 4 is 23.1 Å². The Balaban J connectivity index is 2.07. The van der Waals surface area contributed by atoms with Crippen LogP contribution >= 0.6 is 0 Å². The number of amides is 2. The minimum Gasteiger partial charge on any atom is -0.378 e. The highest BCUT2D eigenvalue weighted by Crippen LogP contribution is 2.28. The molecule has 2 N–H and O–H groups in total. The molecule has 2 amide bonds. The molecule has 0 aliphatic carbocycles. The van der Waals surface area contributed by atoms with Crippen molar-refractivity contribution in [2.45, 2.75) is 0 Å². The first-order valence-electron chi connectivity index (χ1n) is 6.30. The van der Waals surface area contributed by atoms with Gasteiger partial charge in [0.15, 0.2) is 0 Å². The Morgan fingerprint density at radius 1 is 1.18 bits per heavy atom. The van der Waals surface area contributed by atoms with Crippen LogP contribution in [0.4, 0.5) is 21.9 Å². The van der Waals surface area contributed by atoms with E-state index in [-0.39, 0.29) is 5.69 Å². The molecule has 1 aliphatic heterocycles. The fourth-order valence-corrected chi connectivity index (χ4v) is 1.86. The summed E-state index contributed by atoms with van der Waals surface area (Å²) in [5.74, 6) is 0. The van der Waals surface area contributed by atoms with Crippen molar-refractivity contribution in [2.75, 3.05) is 31.7 Å². The van der Waals surface area contributed by atoms with Gasteiger partial charge in [-0.15, -0.1) is 0 Å². The number of carbonyl (C=O) groups is 1. The predicted molar refractivity (Wildman–Crippen MR) is 74.3 cm³/mol. The van der Waals surface area contributed by atoms with E-state index in [1.165, 1.54) is 4.90 Å². The number of benzene rings is 1. The van der Waals surface area contributed by atoms with Gasteiger partial charge in [0.25, 0.3) is 5.69 Å². The van der Waals surface area contributed by atoms with Gasteiger partial charge in [-0.05, 0) is 6.07 Å². The first-order chi connectivity index (χ1) is 10.5. The predicted octanol–water partition coefficient (Wildman–Crippen LogP) is 0.872. The molecular weight excluding hydrogens is 298 g/mol. The fourth-order valence-electron chi connectivity index (χ4n) is 1.86. The number of anilines is 1. The molecule has 1 saturated heterocycles. The molecule has 1 aromatic carbocycles. The fraction of sp³-hybridized carbons (Fsp3) is 0.364. The van der Waals surface area contributed by atoms with Crippen molar-refractivity contribution in [1.29, 1.82) is 0 Å². The second-order valence-electron chi connectivity index (χ2n) is 4.37. The summed E-state index contributed by atoms with van der Waals surface area (Å²) in [6.07, 6.45) is 0. The number of hydrogen-bond donors (Lipinski definition) is 2. The van der Waals surface area contributed by atoms with E-state index in [1.54, 1.807) is 0 Å². The van der Waals surface area contributed by atoms with Crippen molar-refractivity contribution in [3.8, 4) is 0 Å². The van der Waals surface area contributed by atoms with Gasteiger partial charge in [-0.1, -0.05) is 0 Å². The zero-order valence-corrected chi connectivity index (χ0v) is 11.4. The second kappa shape index (κ2) is 6.67. The first kappa shape index (κ1) is 15.4. The molecule has 1 aromatic rings. The van der Waals surface area contributed by atoms with E-state index in [1.807, 2.05) is 0 Å². The monoisotopic (exact) mass is 311 g/mol. The Morgan fingerprint density at radius 2 is 1.86 bits per heavy atom. The van der Waals surface area contributed by atoms with E-state index in [9.17, 15) is 25.0 Å². The van der Waals surface area contributed by atoms with E-state index >= 15 is 0 Å². The Morgan fingerprint density at radius 3 is 2.45 bits per heavy atom. The zero-order chi connectivity index (χ0) is 16.1. The topological polar surface area (TPSA) is 140 Å². The Bertz CT molecular complexity index is 601. The molecule has 11 nitrogen and oxygen atoms in total. The third kappa shape index (κ3) is 3.58. The van der Waals surface area contributed by atoms with E-state index in [0.717, 1.165) is 18.2 Å². The van der Waals surface area contributed by atoms with Crippen LogP contribution in [0.3, 0.4) is 0 Å². The van der Waals surface area contributed by atoms with Gasteiger partial charge in [0.05, 0.1) is 29.1 Å². The van der Waals surface area contributed by atoms with Crippen molar-refractivity contribution in [1.82, 2.24) is 10.3 Å². The molecule has 2 rings (SSSR count). The van der Waals surface area contributed by atoms with Gasteiger partial charge in [-0.3, -0.25) is 31.1 Å². The van der Waals surface area contributed by atoms with E-state index in [4.69, 9.17) is 4.74 Å². The number of rotatable bonds is 4. The molecule has 0 spiro atoms. The molecule has 0 aromatic heterocycles. The number of nitro groups is 2. The van der Waals surface area contributed by atoms with Crippen LogP contribution in [0, 0.1) is 20.2 Å². The number of ether oxygens (including phenoxy) is 1. The molecule has 1 fully saturated rings. The van der Waals surface area contributed by atoms with Crippen LogP contribution < -0.4 is 10.9 Å². The van der Waals surface area contributed by atoms with Crippen LogP contribution in [-0.2, 0) is 4.74 Å². The number of urea groups is 1. The maximum absolute atomic E-state index is 11.8. The highest BCUT2D eigenvalue weighted by atomic mass is 16.6. The smallest absolute Gasteiger partial charge is 0.336 e. The van der Waals surface area contributed by atoms with Gasteiger partial charge in [-0.2, -0.15) is 0 Å². The molecule has 22 heavy (non-hydrogen) atoms. The molecule has 1 heterocycles. The number of nitrogens with zero attached hydrogens (tertiary/aromatic N) is 3. The van der Waals surface area contributed by atoms with E-state index in [2.05, 4.69) is 10.9 Å². The number of nitro benzene ring substituents is 2. The minimum absolute atomic E-state index is 0.0443. The highest BCUT2D eigenvalue weighted by molar-refractivity contribution is 5.77. The van der Waals surface area contributed by atoms with Gasteiger partial charge in [0.1, 0.15) is 5.69 Å². The third-order valence-electron chi connectivity index (χ3n) is 2.99. The van der Waals surface area contributed by atoms with Gasteiger partial charge >= 0.3 is 11.7 Å². The van der Waals surface area contributed by atoms with Crippen LogP contribution in [0.15, 0.2) is 18.2 Å². The zero-order valence-electron chi connectivity index (χ0n) is 11.4. The van der Waals surface area contributed by atoms with Gasteiger partial charge in [0, 0.05) is 19.2 Å². The van der Waals surface area contributed by atoms with Crippen molar-refractivity contribution in [3.63, 3.8) is 0 Å². The van der Waals surface area contributed by atoms with Crippen LogP contribution in [0.25, 0.3) is 0 Å². The normalized spacial score (nSPS) is 14.3. The van der Waals surface area contributed by atoms with Gasteiger partial charge < -0.3 is 9.64 Å². The summed E-state index contributed by atoms with van der Waals surface area (Å²) in [4.78, 5) is 33.4. The summed E-state index contributed by atoms with van der Waals surface area (Å²) in [6, 6.07) is 2.63. The third-order valence-corrected chi connectivity index (χ3v) is 2.99. The molecular formula is C11H13N5O6. The summed E-state index contributed by atoms with van der Waals surface area (Å²) >= 11 is 0. The lowest BCUT2D eigenvalue weighted by molar-refractivity contribution is -0.393. The molecule has 0 saturated carbocycles. The largest absolute Gasteiger partial charge is 0.378 e. The number of carbonyl (C=O) groups excluding carboxylic acids is 1. The first-order valence-corrected chi connectivity index (χ1v) is 6.30. The molecule has 1 aliphatic rings. The van der Waals surface area contributed by atoms with Crippen LogP contribution in [0.5, 0.6) is 0 Å². The number of hydrazine groups is 1. The Labute approximate surface area is 124 Å². The number of nitrogens with one attached hydrogen (secondary N) is 2. The Hall–Kier alpha value is -2.95. The lowest BCUT2D eigenvalue weighted by atomic mass is 10.2. The number of morpholine rings is 1. The maximum Gasteiger partial charge on any atom is 0.336 e. The number of hydrogen-bond acceptors (Lipinski definition) is 7. The molecule has 11 heteroatoms. The van der Waals surface area contributed by atoms with Crippen LogP contribution in [0.1, 0.15) is 0 Å². The summed E-state index contributed by atoms with van der Waals surface area (Å²) in [7, 11) is 0. The summed E-state index contributed by atoms with van der Waals surface area (Å²) in [5, 5.41) is 21.6. The molecule has 0 unspecified atom stereocenters. The molecule has 0 bridgehead atoms. The number of non-ortho nitro benzene ring substituents is 1. The van der Waals surface area contributed by atoms with Gasteiger partial charge in [0.2, 0.25) is 0 Å². The maximum atomic E-state index is 11.8. The summed E-state index contributed by atoms with van der Waals surface area (Å²) in [5.41, 5.74) is 3.78. The highest BCUT2D eigenvalue weighted by Gasteiger charge is 2.21. The quantitative estimate of drug-likeness (QED) is 0.621. The molecule has 0 atom stereocenters. The summed E-state index contributed by atoms with van der Waals surface area (Å²) in [6.45, 7) is 1.67. The lowest BCUT2D eigenvalue weighted by Gasteiger charge is -2.27. The lowest BCUT2D eigenvalue weighted by Crippen LogP contribution is -2.47. The Kier molecular flexibility index (Phi) is 4.68. The van der Waals surface area contributed by atoms with E-state index in [0.29, 0.717) is 26.3 Å². The SMILES string of the molecule is O=C(NNc1ccc([N+](=O)[O-])cc1[N+](=O)[O-])N1CCOCC1. The average Bonchev–Trinajstić information content (AvgIpc) is 2.53.